The molecule has 6 heteroatoms. The Labute approximate surface area is 122 Å². The van der Waals surface area contributed by atoms with Crippen molar-refractivity contribution in [3.8, 4) is 0 Å². The van der Waals surface area contributed by atoms with Gasteiger partial charge in [-0.3, -0.25) is 4.79 Å². The number of carbonyl (C=O) groups excluding carboxylic acids is 1. The topological polar surface area (TPSA) is 42.0 Å². The van der Waals surface area contributed by atoms with Crippen molar-refractivity contribution in [2.75, 3.05) is 5.32 Å². The number of amides is 1. The van der Waals surface area contributed by atoms with Crippen LogP contribution in [0.25, 0.3) is 0 Å². The van der Waals surface area contributed by atoms with Crippen molar-refractivity contribution >= 4 is 39.3 Å². The van der Waals surface area contributed by atoms with Crippen molar-refractivity contribution in [3.63, 3.8) is 0 Å². The Balaban J connectivity index is 2.07. The number of rotatable bonds is 3. The third-order valence-corrected chi connectivity index (χ3v) is 3.22. The highest BCUT2D eigenvalue weighted by Crippen LogP contribution is 2.20. The zero-order valence-electron chi connectivity index (χ0n) is 9.66. The number of hydrogen-bond donors (Lipinski definition) is 1. The molecule has 2 rings (SSSR count). The summed E-state index contributed by atoms with van der Waals surface area (Å²) >= 11 is 9.10. The first-order valence-electron chi connectivity index (χ1n) is 5.40. The van der Waals surface area contributed by atoms with Crippen molar-refractivity contribution < 1.29 is 9.18 Å². The van der Waals surface area contributed by atoms with Crippen LogP contribution in [0.1, 0.15) is 5.56 Å². The van der Waals surface area contributed by atoms with Crippen LogP contribution in [0, 0.1) is 5.82 Å². The lowest BCUT2D eigenvalue weighted by Gasteiger charge is -2.07. The van der Waals surface area contributed by atoms with Crippen molar-refractivity contribution in [1.29, 1.82) is 0 Å². The van der Waals surface area contributed by atoms with Gasteiger partial charge in [0.05, 0.1) is 6.42 Å². The molecule has 0 saturated carbocycles. The standard InChI is InChI=1S/C13H9BrClFN2O/c14-8-4-5-12(17-7-8)18-13(19)6-9-10(15)2-1-3-11(9)16/h1-5,7H,6H2,(H,17,18,19). The number of pyridine rings is 1. The summed E-state index contributed by atoms with van der Waals surface area (Å²) in [5.74, 6) is -0.464. The van der Waals surface area contributed by atoms with E-state index in [-0.39, 0.29) is 22.9 Å². The van der Waals surface area contributed by atoms with Crippen molar-refractivity contribution in [2.24, 2.45) is 0 Å². The van der Waals surface area contributed by atoms with Gasteiger partial charge >= 0.3 is 0 Å². The number of nitrogens with one attached hydrogen (secondary N) is 1. The van der Waals surface area contributed by atoms with Gasteiger partial charge in [-0.25, -0.2) is 9.37 Å². The monoisotopic (exact) mass is 342 g/mol. The molecule has 2 aromatic rings. The van der Waals surface area contributed by atoms with Gasteiger partial charge in [0.2, 0.25) is 5.91 Å². The van der Waals surface area contributed by atoms with Crippen molar-refractivity contribution in [3.05, 3.63) is 57.4 Å². The van der Waals surface area contributed by atoms with Gasteiger partial charge in [-0.2, -0.15) is 0 Å². The molecule has 0 bridgehead atoms. The SMILES string of the molecule is O=C(Cc1c(F)cccc1Cl)Nc1ccc(Br)cn1. The van der Waals surface area contributed by atoms with Gasteiger partial charge in [-0.1, -0.05) is 17.7 Å². The highest BCUT2D eigenvalue weighted by molar-refractivity contribution is 9.10. The Hall–Kier alpha value is -1.46. The summed E-state index contributed by atoms with van der Waals surface area (Å²) in [6.07, 6.45) is 1.43. The summed E-state index contributed by atoms with van der Waals surface area (Å²) in [6.45, 7) is 0. The molecule has 0 saturated heterocycles. The van der Waals surface area contributed by atoms with Gasteiger partial charge in [0.15, 0.2) is 0 Å². The van der Waals surface area contributed by atoms with Crippen LogP contribution in [0.15, 0.2) is 41.0 Å². The Morgan fingerprint density at radius 1 is 1.37 bits per heavy atom. The average Bonchev–Trinajstić information content (AvgIpc) is 2.37. The first-order valence-corrected chi connectivity index (χ1v) is 6.57. The third-order valence-electron chi connectivity index (χ3n) is 2.39. The lowest BCUT2D eigenvalue weighted by Crippen LogP contribution is -2.16. The van der Waals surface area contributed by atoms with E-state index in [9.17, 15) is 9.18 Å². The number of anilines is 1. The molecule has 0 aliphatic carbocycles. The zero-order chi connectivity index (χ0) is 13.8. The van der Waals surface area contributed by atoms with E-state index in [0.29, 0.717) is 5.82 Å². The molecule has 0 unspecified atom stereocenters. The molecule has 0 atom stereocenters. The van der Waals surface area contributed by atoms with Gasteiger partial charge in [-0.05, 0) is 40.2 Å². The van der Waals surface area contributed by atoms with Gasteiger partial charge < -0.3 is 5.32 Å². The number of hydrogen-bond acceptors (Lipinski definition) is 2. The molecule has 1 heterocycles. The van der Waals surface area contributed by atoms with Crippen LogP contribution in [0.3, 0.4) is 0 Å². The number of carbonyl (C=O) groups is 1. The first kappa shape index (κ1) is 14.0. The second kappa shape index (κ2) is 6.12. The fourth-order valence-electron chi connectivity index (χ4n) is 1.50. The van der Waals surface area contributed by atoms with E-state index in [1.807, 2.05) is 0 Å². The summed E-state index contributed by atoms with van der Waals surface area (Å²) in [5, 5.41) is 2.81. The van der Waals surface area contributed by atoms with Crippen LogP contribution >= 0.6 is 27.5 Å². The van der Waals surface area contributed by atoms with Crippen molar-refractivity contribution in [2.45, 2.75) is 6.42 Å². The van der Waals surface area contributed by atoms with Gasteiger partial charge in [0, 0.05) is 21.3 Å². The second-order valence-electron chi connectivity index (χ2n) is 3.79. The highest BCUT2D eigenvalue weighted by Gasteiger charge is 2.12. The molecule has 1 amide bonds. The van der Waals surface area contributed by atoms with E-state index in [2.05, 4.69) is 26.2 Å². The largest absolute Gasteiger partial charge is 0.310 e. The Bertz CT molecular complexity index is 584. The maximum absolute atomic E-state index is 13.5. The molecule has 0 radical (unpaired) electrons. The maximum Gasteiger partial charge on any atom is 0.230 e. The maximum atomic E-state index is 13.5. The van der Waals surface area contributed by atoms with Crippen LogP contribution in [-0.4, -0.2) is 10.9 Å². The summed E-state index contributed by atoms with van der Waals surface area (Å²) in [6, 6.07) is 7.70. The molecular weight excluding hydrogens is 335 g/mol. The van der Waals surface area contributed by atoms with Crippen LogP contribution in [0.2, 0.25) is 5.02 Å². The predicted molar refractivity (Wildman–Crippen MR) is 75.7 cm³/mol. The van der Waals surface area contributed by atoms with E-state index in [0.717, 1.165) is 4.47 Å². The molecule has 1 aromatic carbocycles. The molecule has 98 valence electrons. The van der Waals surface area contributed by atoms with E-state index in [1.165, 1.54) is 12.1 Å². The molecule has 0 fully saturated rings. The van der Waals surface area contributed by atoms with Crippen LogP contribution in [-0.2, 0) is 11.2 Å². The van der Waals surface area contributed by atoms with E-state index >= 15 is 0 Å². The first-order chi connectivity index (χ1) is 9.06. The molecular formula is C13H9BrClFN2O. The Morgan fingerprint density at radius 3 is 2.79 bits per heavy atom. The molecule has 3 nitrogen and oxygen atoms in total. The lowest BCUT2D eigenvalue weighted by atomic mass is 10.1. The normalized spacial score (nSPS) is 10.3. The van der Waals surface area contributed by atoms with Gasteiger partial charge in [0.25, 0.3) is 0 Å². The van der Waals surface area contributed by atoms with E-state index < -0.39 is 5.82 Å². The molecule has 19 heavy (non-hydrogen) atoms. The second-order valence-corrected chi connectivity index (χ2v) is 5.11. The summed E-state index contributed by atoms with van der Waals surface area (Å²) < 4.78 is 14.3. The number of aromatic nitrogens is 1. The summed E-state index contributed by atoms with van der Waals surface area (Å²) in [7, 11) is 0. The molecule has 1 aromatic heterocycles. The van der Waals surface area contributed by atoms with E-state index in [1.54, 1.807) is 24.4 Å². The van der Waals surface area contributed by atoms with Crippen LogP contribution < -0.4 is 5.32 Å². The smallest absolute Gasteiger partial charge is 0.230 e. The van der Waals surface area contributed by atoms with Crippen LogP contribution in [0.5, 0.6) is 0 Å². The Kier molecular flexibility index (Phi) is 4.50. The lowest BCUT2D eigenvalue weighted by molar-refractivity contribution is -0.115. The van der Waals surface area contributed by atoms with Gasteiger partial charge in [0.1, 0.15) is 11.6 Å². The zero-order valence-corrected chi connectivity index (χ0v) is 12.0. The summed E-state index contributed by atoms with van der Waals surface area (Å²) in [5.41, 5.74) is 0.179. The summed E-state index contributed by atoms with van der Waals surface area (Å²) in [4.78, 5) is 15.8. The van der Waals surface area contributed by atoms with Crippen molar-refractivity contribution in [1.82, 2.24) is 4.98 Å². The minimum absolute atomic E-state index is 0.136. The predicted octanol–water partition coefficient (Wildman–Crippen LogP) is 3.82. The Morgan fingerprint density at radius 2 is 2.16 bits per heavy atom. The molecule has 0 aliphatic rings. The molecule has 0 aliphatic heterocycles. The minimum atomic E-state index is -0.494. The number of benzene rings is 1. The fraction of sp³-hybridized carbons (Fsp3) is 0.0769. The average molecular weight is 344 g/mol. The van der Waals surface area contributed by atoms with Gasteiger partial charge in [-0.15, -0.1) is 0 Å². The fourth-order valence-corrected chi connectivity index (χ4v) is 1.96. The third kappa shape index (κ3) is 3.75. The highest BCUT2D eigenvalue weighted by atomic mass is 79.9. The quantitative estimate of drug-likeness (QED) is 0.920. The number of nitrogens with zero attached hydrogens (tertiary/aromatic N) is 1. The van der Waals surface area contributed by atoms with Crippen LogP contribution in [0.4, 0.5) is 10.2 Å². The molecule has 1 N–H and O–H groups in total. The van der Waals surface area contributed by atoms with E-state index in [4.69, 9.17) is 11.6 Å². The minimum Gasteiger partial charge on any atom is -0.310 e. The number of halogens is 3. The molecule has 0 spiro atoms.